The number of carbonyl (C=O) groups is 2. The number of pyridine rings is 1. The third kappa shape index (κ3) is 4.30. The van der Waals surface area contributed by atoms with E-state index in [0.717, 1.165) is 24.0 Å². The summed E-state index contributed by atoms with van der Waals surface area (Å²) < 4.78 is 20.8. The predicted octanol–water partition coefficient (Wildman–Crippen LogP) is 3.82. The van der Waals surface area contributed by atoms with Crippen LogP contribution >= 0.6 is 0 Å². The summed E-state index contributed by atoms with van der Waals surface area (Å²) in [6.07, 6.45) is 6.85. The minimum atomic E-state index is -0.765. The molecule has 0 spiro atoms. The van der Waals surface area contributed by atoms with Crippen LogP contribution in [0.2, 0.25) is 0 Å². The molecule has 34 heavy (non-hydrogen) atoms. The summed E-state index contributed by atoms with van der Waals surface area (Å²) in [5.74, 6) is 0.135. The second-order valence-corrected chi connectivity index (χ2v) is 8.69. The summed E-state index contributed by atoms with van der Waals surface area (Å²) in [4.78, 5) is 28.3. The SMILES string of the molecule is COc1c(Nc2cc(NC(=O)C3CC3)ncc2C(N)=O)cccc1-c1cnn(C2CC(F)C2)c1. The summed E-state index contributed by atoms with van der Waals surface area (Å²) in [5, 5.41) is 10.4. The van der Waals surface area contributed by atoms with Gasteiger partial charge in [0.05, 0.1) is 36.3 Å². The standard InChI is InChI=1S/C24H25FN6O3/c1-34-22-17(14-10-28-31(12-14)16-7-15(25)8-16)3-2-4-19(22)29-20-9-21(27-11-18(20)23(26)32)30-24(33)13-5-6-13/h2-4,9-13,15-16H,5-8H2,1H3,(H2,26,32)(H2,27,29,30,33). The molecule has 0 bridgehead atoms. The molecule has 4 N–H and O–H groups in total. The number of carbonyl (C=O) groups excluding carboxylic acids is 2. The van der Waals surface area contributed by atoms with Gasteiger partial charge in [-0.05, 0) is 18.9 Å². The van der Waals surface area contributed by atoms with Crippen LogP contribution in [0.25, 0.3) is 11.1 Å². The van der Waals surface area contributed by atoms with Gasteiger partial charge in [0, 0.05) is 48.3 Å². The van der Waals surface area contributed by atoms with Crippen LogP contribution in [-0.2, 0) is 4.79 Å². The minimum absolute atomic E-state index is 0.0162. The molecule has 2 aromatic heterocycles. The molecule has 0 unspecified atom stereocenters. The van der Waals surface area contributed by atoms with Crippen molar-refractivity contribution in [1.82, 2.24) is 14.8 Å². The Morgan fingerprint density at radius 1 is 1.21 bits per heavy atom. The number of aromatic nitrogens is 3. The number of rotatable bonds is 8. The first-order chi connectivity index (χ1) is 16.4. The number of hydrogen-bond donors (Lipinski definition) is 3. The van der Waals surface area contributed by atoms with Gasteiger partial charge in [-0.15, -0.1) is 0 Å². The largest absolute Gasteiger partial charge is 0.494 e. The smallest absolute Gasteiger partial charge is 0.252 e. The number of benzene rings is 1. The number of primary amides is 1. The van der Waals surface area contributed by atoms with Crippen LogP contribution < -0.4 is 21.1 Å². The summed E-state index contributed by atoms with van der Waals surface area (Å²) in [7, 11) is 1.55. The molecule has 1 aromatic carbocycles. The van der Waals surface area contributed by atoms with Crippen molar-refractivity contribution in [3.8, 4) is 16.9 Å². The maximum absolute atomic E-state index is 13.3. The quantitative estimate of drug-likeness (QED) is 0.466. The lowest BCUT2D eigenvalue weighted by Gasteiger charge is -2.29. The van der Waals surface area contributed by atoms with E-state index >= 15 is 0 Å². The minimum Gasteiger partial charge on any atom is -0.494 e. The monoisotopic (exact) mass is 464 g/mol. The van der Waals surface area contributed by atoms with Gasteiger partial charge in [-0.1, -0.05) is 12.1 Å². The van der Waals surface area contributed by atoms with Crippen molar-refractivity contribution < 1.29 is 18.7 Å². The molecule has 2 aliphatic rings. The zero-order valence-electron chi connectivity index (χ0n) is 18.6. The van der Waals surface area contributed by atoms with Crippen molar-refractivity contribution >= 4 is 29.0 Å². The number of nitrogens with one attached hydrogen (secondary N) is 2. The first-order valence-corrected chi connectivity index (χ1v) is 11.2. The van der Waals surface area contributed by atoms with Crippen LogP contribution in [0.1, 0.15) is 42.1 Å². The Labute approximate surface area is 195 Å². The number of nitrogens with zero attached hydrogens (tertiary/aromatic N) is 3. The van der Waals surface area contributed by atoms with E-state index in [4.69, 9.17) is 10.5 Å². The Kier molecular flexibility index (Phi) is 5.64. The first-order valence-electron chi connectivity index (χ1n) is 11.2. The number of para-hydroxylation sites is 1. The molecule has 9 nitrogen and oxygen atoms in total. The number of alkyl halides is 1. The Hall–Kier alpha value is -3.95. The van der Waals surface area contributed by atoms with Gasteiger partial charge in [-0.3, -0.25) is 14.3 Å². The van der Waals surface area contributed by atoms with Crippen molar-refractivity contribution in [2.45, 2.75) is 37.9 Å². The number of nitrogens with two attached hydrogens (primary N) is 1. The van der Waals surface area contributed by atoms with Crippen molar-refractivity contribution in [3.05, 3.63) is 48.4 Å². The molecular formula is C24H25FN6O3. The van der Waals surface area contributed by atoms with E-state index in [9.17, 15) is 14.0 Å². The van der Waals surface area contributed by atoms with Crippen LogP contribution in [0.15, 0.2) is 42.9 Å². The Balaban J connectivity index is 1.45. The maximum atomic E-state index is 13.3. The molecule has 2 amide bonds. The summed E-state index contributed by atoms with van der Waals surface area (Å²) in [6.45, 7) is 0. The number of methoxy groups -OCH3 is 1. The fourth-order valence-corrected chi connectivity index (χ4v) is 4.04. The highest BCUT2D eigenvalue weighted by atomic mass is 19.1. The van der Waals surface area contributed by atoms with E-state index in [1.807, 2.05) is 18.3 Å². The molecule has 2 fully saturated rings. The van der Waals surface area contributed by atoms with Gasteiger partial charge in [0.1, 0.15) is 17.7 Å². The molecule has 176 valence electrons. The lowest BCUT2D eigenvalue weighted by Crippen LogP contribution is -2.28. The topological polar surface area (TPSA) is 124 Å². The third-order valence-electron chi connectivity index (χ3n) is 6.20. The fourth-order valence-electron chi connectivity index (χ4n) is 4.04. The summed E-state index contributed by atoms with van der Waals surface area (Å²) in [5.41, 5.74) is 8.32. The highest BCUT2D eigenvalue weighted by molar-refractivity contribution is 6.01. The van der Waals surface area contributed by atoms with Gasteiger partial charge in [-0.25, -0.2) is 9.37 Å². The highest BCUT2D eigenvalue weighted by Crippen LogP contribution is 2.40. The normalized spacial score (nSPS) is 19.2. The molecule has 0 aliphatic heterocycles. The fraction of sp³-hybridized carbons (Fsp3) is 0.333. The van der Waals surface area contributed by atoms with Crippen LogP contribution in [0.3, 0.4) is 0 Å². The predicted molar refractivity (Wildman–Crippen MR) is 125 cm³/mol. The lowest BCUT2D eigenvalue weighted by molar-refractivity contribution is -0.117. The van der Waals surface area contributed by atoms with Crippen molar-refractivity contribution in [2.75, 3.05) is 17.7 Å². The van der Waals surface area contributed by atoms with Crippen molar-refractivity contribution in [1.29, 1.82) is 0 Å². The number of ether oxygens (including phenoxy) is 1. The second-order valence-electron chi connectivity index (χ2n) is 8.69. The number of halogens is 1. The molecule has 0 saturated heterocycles. The average Bonchev–Trinajstić information content (AvgIpc) is 3.54. The molecule has 0 atom stereocenters. The van der Waals surface area contributed by atoms with Gasteiger partial charge in [0.25, 0.3) is 5.91 Å². The third-order valence-corrected chi connectivity index (χ3v) is 6.20. The summed E-state index contributed by atoms with van der Waals surface area (Å²) >= 11 is 0. The summed E-state index contributed by atoms with van der Waals surface area (Å²) in [6, 6.07) is 7.19. The maximum Gasteiger partial charge on any atom is 0.252 e. The molecule has 0 radical (unpaired) electrons. The van der Waals surface area contributed by atoms with Crippen LogP contribution in [0.4, 0.5) is 21.6 Å². The highest BCUT2D eigenvalue weighted by Gasteiger charge is 2.31. The average molecular weight is 465 g/mol. The zero-order valence-corrected chi connectivity index (χ0v) is 18.6. The van der Waals surface area contributed by atoms with Crippen LogP contribution in [-0.4, -0.2) is 39.9 Å². The number of hydrogen-bond acceptors (Lipinski definition) is 6. The van der Waals surface area contributed by atoms with E-state index in [1.165, 1.54) is 6.20 Å². The second kappa shape index (κ2) is 8.77. The molecule has 2 heterocycles. The van der Waals surface area contributed by atoms with E-state index in [1.54, 1.807) is 30.1 Å². The van der Waals surface area contributed by atoms with Gasteiger partial charge in [-0.2, -0.15) is 5.10 Å². The Bertz CT molecular complexity index is 1250. The molecule has 2 aliphatic carbocycles. The first kappa shape index (κ1) is 21.9. The van der Waals surface area contributed by atoms with E-state index < -0.39 is 12.1 Å². The Morgan fingerprint density at radius 3 is 2.68 bits per heavy atom. The molecule has 5 rings (SSSR count). The number of anilines is 3. The molecule has 3 aromatic rings. The van der Waals surface area contributed by atoms with Gasteiger partial charge in [0.15, 0.2) is 0 Å². The van der Waals surface area contributed by atoms with Gasteiger partial charge >= 0.3 is 0 Å². The molecule has 2 saturated carbocycles. The van der Waals surface area contributed by atoms with Gasteiger partial charge in [0.2, 0.25) is 5.91 Å². The van der Waals surface area contributed by atoms with Crippen molar-refractivity contribution in [3.63, 3.8) is 0 Å². The van der Waals surface area contributed by atoms with E-state index in [-0.39, 0.29) is 23.4 Å². The molecular weight excluding hydrogens is 439 g/mol. The van der Waals surface area contributed by atoms with Gasteiger partial charge < -0.3 is 21.1 Å². The lowest BCUT2D eigenvalue weighted by atomic mass is 9.91. The van der Waals surface area contributed by atoms with Crippen LogP contribution in [0.5, 0.6) is 5.75 Å². The van der Waals surface area contributed by atoms with E-state index in [0.29, 0.717) is 35.8 Å². The Morgan fingerprint density at radius 2 is 2.00 bits per heavy atom. The molecule has 10 heteroatoms. The van der Waals surface area contributed by atoms with E-state index in [2.05, 4.69) is 20.7 Å². The zero-order chi connectivity index (χ0) is 23.8. The number of amides is 2. The van der Waals surface area contributed by atoms with Crippen molar-refractivity contribution in [2.24, 2.45) is 11.7 Å². The van der Waals surface area contributed by atoms with Crippen LogP contribution in [0, 0.1) is 5.92 Å².